The Hall–Kier alpha value is -2.30. The van der Waals surface area contributed by atoms with Gasteiger partial charge in [0.2, 0.25) is 0 Å². The summed E-state index contributed by atoms with van der Waals surface area (Å²) in [5.41, 5.74) is 6.24. The van der Waals surface area contributed by atoms with E-state index in [1.165, 1.54) is 12.1 Å². The van der Waals surface area contributed by atoms with Crippen molar-refractivity contribution in [3.05, 3.63) is 53.6 Å². The lowest BCUT2D eigenvalue weighted by molar-refractivity contribution is 0.228. The summed E-state index contributed by atoms with van der Waals surface area (Å²) in [5.74, 6) is -0.602. The van der Waals surface area contributed by atoms with Gasteiger partial charge in [-0.05, 0) is 19.9 Å². The summed E-state index contributed by atoms with van der Waals surface area (Å²) in [6, 6.07) is 8.78. The molecule has 112 valence electrons. The largest absolute Gasteiger partial charge is 0.488 e. The Morgan fingerprint density at radius 3 is 2.43 bits per heavy atom. The predicted octanol–water partition coefficient (Wildman–Crippen LogP) is 3.91. The molecule has 0 aliphatic carbocycles. The van der Waals surface area contributed by atoms with Crippen LogP contribution < -0.4 is 15.2 Å². The van der Waals surface area contributed by atoms with Crippen LogP contribution in [0.15, 0.2) is 36.4 Å². The Labute approximate surface area is 122 Å². The molecular formula is C16H17F2NO2. The number of halogens is 2. The number of nitrogen functional groups attached to an aromatic ring is 1. The standard InChI is InChI=1S/C16H17F2NO2/c1-10(2)21-15-8-16(14(19)7-13(15)18)20-9-11-5-3-4-6-12(11)17/h3-8,10H,9,19H2,1-2H3. The number of rotatable bonds is 5. The zero-order valence-electron chi connectivity index (χ0n) is 11.9. The first kappa shape index (κ1) is 15.1. The van der Waals surface area contributed by atoms with Crippen molar-refractivity contribution in [2.24, 2.45) is 0 Å². The van der Waals surface area contributed by atoms with Crippen LogP contribution in [0.2, 0.25) is 0 Å². The smallest absolute Gasteiger partial charge is 0.167 e. The average molecular weight is 293 g/mol. The van der Waals surface area contributed by atoms with E-state index in [9.17, 15) is 8.78 Å². The van der Waals surface area contributed by atoms with E-state index >= 15 is 0 Å². The second-order valence-corrected chi connectivity index (χ2v) is 4.87. The first-order valence-corrected chi connectivity index (χ1v) is 6.59. The molecule has 0 bridgehead atoms. The molecule has 0 atom stereocenters. The Bertz CT molecular complexity index is 630. The molecule has 0 radical (unpaired) electrons. The van der Waals surface area contributed by atoms with Crippen LogP contribution in [0.5, 0.6) is 11.5 Å². The Morgan fingerprint density at radius 2 is 1.76 bits per heavy atom. The van der Waals surface area contributed by atoms with Gasteiger partial charge < -0.3 is 15.2 Å². The molecule has 0 heterocycles. The minimum atomic E-state index is -0.556. The first-order chi connectivity index (χ1) is 9.97. The van der Waals surface area contributed by atoms with Crippen LogP contribution in [0.3, 0.4) is 0 Å². The number of hydrogen-bond acceptors (Lipinski definition) is 3. The maximum atomic E-state index is 13.7. The summed E-state index contributed by atoms with van der Waals surface area (Å²) in [6.45, 7) is 3.58. The second-order valence-electron chi connectivity index (χ2n) is 4.87. The van der Waals surface area contributed by atoms with Gasteiger partial charge >= 0.3 is 0 Å². The van der Waals surface area contributed by atoms with Crippen LogP contribution in [-0.2, 0) is 6.61 Å². The lowest BCUT2D eigenvalue weighted by Gasteiger charge is -2.14. The summed E-state index contributed by atoms with van der Waals surface area (Å²) in [6.07, 6.45) is -0.178. The van der Waals surface area contributed by atoms with Gasteiger partial charge in [-0.1, -0.05) is 18.2 Å². The highest BCUT2D eigenvalue weighted by Gasteiger charge is 2.12. The maximum Gasteiger partial charge on any atom is 0.167 e. The molecule has 0 amide bonds. The summed E-state index contributed by atoms with van der Waals surface area (Å²) < 4.78 is 38.0. The Balaban J connectivity index is 2.18. The fraction of sp³-hybridized carbons (Fsp3) is 0.250. The molecule has 21 heavy (non-hydrogen) atoms. The van der Waals surface area contributed by atoms with Crippen LogP contribution in [-0.4, -0.2) is 6.10 Å². The molecule has 0 unspecified atom stereocenters. The Morgan fingerprint density at radius 1 is 1.05 bits per heavy atom. The van der Waals surface area contributed by atoms with E-state index in [2.05, 4.69) is 0 Å². The van der Waals surface area contributed by atoms with Crippen molar-refractivity contribution in [2.75, 3.05) is 5.73 Å². The molecule has 5 heteroatoms. The van der Waals surface area contributed by atoms with E-state index < -0.39 is 5.82 Å². The highest BCUT2D eigenvalue weighted by atomic mass is 19.1. The van der Waals surface area contributed by atoms with Crippen molar-refractivity contribution in [2.45, 2.75) is 26.6 Å². The highest BCUT2D eigenvalue weighted by molar-refractivity contribution is 5.56. The molecular weight excluding hydrogens is 276 g/mol. The van der Waals surface area contributed by atoms with Crippen molar-refractivity contribution in [3.63, 3.8) is 0 Å². The van der Waals surface area contributed by atoms with Crippen molar-refractivity contribution >= 4 is 5.69 Å². The van der Waals surface area contributed by atoms with E-state index in [1.807, 2.05) is 0 Å². The number of nitrogens with two attached hydrogens (primary N) is 1. The lowest BCUT2D eigenvalue weighted by Crippen LogP contribution is -2.08. The van der Waals surface area contributed by atoms with Crippen molar-refractivity contribution in [1.29, 1.82) is 0 Å². The lowest BCUT2D eigenvalue weighted by atomic mass is 10.2. The average Bonchev–Trinajstić information content (AvgIpc) is 2.41. The maximum absolute atomic E-state index is 13.7. The molecule has 3 nitrogen and oxygen atoms in total. The van der Waals surface area contributed by atoms with E-state index in [0.717, 1.165) is 6.07 Å². The zero-order valence-corrected chi connectivity index (χ0v) is 11.9. The third-order valence-electron chi connectivity index (χ3n) is 2.77. The van der Waals surface area contributed by atoms with Gasteiger partial charge in [0.15, 0.2) is 11.6 Å². The van der Waals surface area contributed by atoms with Crippen LogP contribution in [0.4, 0.5) is 14.5 Å². The molecule has 0 fully saturated rings. The van der Waals surface area contributed by atoms with Gasteiger partial charge in [0.05, 0.1) is 11.8 Å². The van der Waals surface area contributed by atoms with Gasteiger partial charge in [0, 0.05) is 17.7 Å². The van der Waals surface area contributed by atoms with Gasteiger partial charge in [-0.2, -0.15) is 0 Å². The molecule has 0 aromatic heterocycles. The molecule has 0 aliphatic heterocycles. The van der Waals surface area contributed by atoms with E-state index in [1.54, 1.807) is 32.0 Å². The van der Waals surface area contributed by atoms with E-state index in [4.69, 9.17) is 15.2 Å². The topological polar surface area (TPSA) is 44.5 Å². The summed E-state index contributed by atoms with van der Waals surface area (Å²) in [4.78, 5) is 0. The van der Waals surface area contributed by atoms with Gasteiger partial charge in [-0.3, -0.25) is 0 Å². The monoisotopic (exact) mass is 293 g/mol. The fourth-order valence-corrected chi connectivity index (χ4v) is 1.79. The molecule has 0 saturated carbocycles. The summed E-state index contributed by atoms with van der Waals surface area (Å²) >= 11 is 0. The quantitative estimate of drug-likeness (QED) is 0.850. The number of benzene rings is 2. The number of anilines is 1. The number of hydrogen-bond donors (Lipinski definition) is 1. The highest BCUT2D eigenvalue weighted by Crippen LogP contribution is 2.31. The van der Waals surface area contributed by atoms with Crippen LogP contribution >= 0.6 is 0 Å². The van der Waals surface area contributed by atoms with Crippen molar-refractivity contribution in [3.8, 4) is 11.5 Å². The minimum absolute atomic E-state index is 0.00360. The second kappa shape index (κ2) is 6.43. The van der Waals surface area contributed by atoms with E-state index in [0.29, 0.717) is 5.56 Å². The van der Waals surface area contributed by atoms with Gasteiger partial charge in [-0.25, -0.2) is 8.78 Å². The van der Waals surface area contributed by atoms with E-state index in [-0.39, 0.29) is 35.7 Å². The summed E-state index contributed by atoms with van der Waals surface area (Å²) in [5, 5.41) is 0. The molecule has 2 aromatic rings. The minimum Gasteiger partial charge on any atom is -0.488 e. The number of ether oxygens (including phenoxy) is 2. The van der Waals surface area contributed by atoms with Gasteiger partial charge in [0.25, 0.3) is 0 Å². The van der Waals surface area contributed by atoms with Crippen molar-refractivity contribution < 1.29 is 18.3 Å². The third-order valence-corrected chi connectivity index (χ3v) is 2.77. The predicted molar refractivity (Wildman–Crippen MR) is 77.3 cm³/mol. The third kappa shape index (κ3) is 3.84. The molecule has 2 rings (SSSR count). The molecule has 0 saturated heterocycles. The SMILES string of the molecule is CC(C)Oc1cc(OCc2ccccc2F)c(N)cc1F. The zero-order chi connectivity index (χ0) is 15.4. The van der Waals surface area contributed by atoms with Crippen LogP contribution in [0.25, 0.3) is 0 Å². The summed E-state index contributed by atoms with van der Waals surface area (Å²) in [7, 11) is 0. The molecule has 2 N–H and O–H groups in total. The normalized spacial score (nSPS) is 10.7. The van der Waals surface area contributed by atoms with Crippen LogP contribution in [0.1, 0.15) is 19.4 Å². The fourth-order valence-electron chi connectivity index (χ4n) is 1.79. The van der Waals surface area contributed by atoms with Gasteiger partial charge in [0.1, 0.15) is 18.2 Å². The molecule has 0 aliphatic rings. The molecule has 2 aromatic carbocycles. The van der Waals surface area contributed by atoms with Gasteiger partial charge in [-0.15, -0.1) is 0 Å². The Kier molecular flexibility index (Phi) is 4.62. The molecule has 0 spiro atoms. The van der Waals surface area contributed by atoms with Crippen molar-refractivity contribution in [1.82, 2.24) is 0 Å². The first-order valence-electron chi connectivity index (χ1n) is 6.59. The van der Waals surface area contributed by atoms with Crippen LogP contribution in [0, 0.1) is 11.6 Å².